The van der Waals surface area contributed by atoms with E-state index in [-0.39, 0.29) is 11.2 Å². The topological polar surface area (TPSA) is 69.1 Å². The molecule has 0 aromatic carbocycles. The van der Waals surface area contributed by atoms with Gasteiger partial charge in [-0.3, -0.25) is 0 Å². The van der Waals surface area contributed by atoms with Gasteiger partial charge in [0.1, 0.15) is 0 Å². The van der Waals surface area contributed by atoms with Gasteiger partial charge < -0.3 is 5.73 Å². The van der Waals surface area contributed by atoms with E-state index in [2.05, 4.69) is 15.1 Å². The fourth-order valence-corrected chi connectivity index (χ4v) is 0.985. The summed E-state index contributed by atoms with van der Waals surface area (Å²) in [7, 11) is 0. The predicted molar refractivity (Wildman–Crippen MR) is 40.2 cm³/mol. The van der Waals surface area contributed by atoms with Crippen molar-refractivity contribution >= 4 is 23.2 Å². The molecule has 0 fully saturated rings. The highest BCUT2D eigenvalue weighted by molar-refractivity contribution is 6.28. The summed E-state index contributed by atoms with van der Waals surface area (Å²) in [5, 5.41) is 4.06. The molecule has 0 aliphatic rings. The Morgan fingerprint density at radius 2 is 2.36 bits per heavy atom. The first-order valence-electron chi connectivity index (χ1n) is 2.90. The minimum Gasteiger partial charge on any atom is -0.366 e. The van der Waals surface area contributed by atoms with E-state index in [4.69, 9.17) is 17.3 Å². The number of nitrogens with zero attached hydrogens (tertiary/aromatic N) is 4. The molecule has 0 saturated carbocycles. The van der Waals surface area contributed by atoms with Crippen molar-refractivity contribution in [2.75, 3.05) is 5.73 Å². The predicted octanol–water partition coefficient (Wildman–Crippen LogP) is 0.360. The maximum absolute atomic E-state index is 5.66. The van der Waals surface area contributed by atoms with Crippen molar-refractivity contribution in [1.82, 2.24) is 19.6 Å². The van der Waals surface area contributed by atoms with Gasteiger partial charge >= 0.3 is 0 Å². The Morgan fingerprint density at radius 1 is 1.55 bits per heavy atom. The number of hydrogen-bond acceptors (Lipinski definition) is 4. The lowest BCUT2D eigenvalue weighted by atomic mass is 10.6. The third-order valence-electron chi connectivity index (χ3n) is 1.23. The van der Waals surface area contributed by atoms with Crippen LogP contribution in [-0.2, 0) is 0 Å². The largest absolute Gasteiger partial charge is 0.366 e. The molecule has 0 radical (unpaired) electrons. The lowest BCUT2D eigenvalue weighted by Gasteiger charge is -1.89. The number of hydrogen-bond donors (Lipinski definition) is 1. The number of halogens is 1. The van der Waals surface area contributed by atoms with Crippen LogP contribution in [-0.4, -0.2) is 19.6 Å². The fraction of sp³-hybridized carbons (Fsp3) is 0. The number of nitrogen functional groups attached to an aromatic ring is 1. The van der Waals surface area contributed by atoms with Gasteiger partial charge in [0.25, 0.3) is 0 Å². The summed E-state index contributed by atoms with van der Waals surface area (Å²) in [4.78, 5) is 7.67. The zero-order chi connectivity index (χ0) is 7.84. The van der Waals surface area contributed by atoms with Crippen LogP contribution in [0.5, 0.6) is 0 Å². The first kappa shape index (κ1) is 6.36. The second kappa shape index (κ2) is 2.06. The van der Waals surface area contributed by atoms with Crippen LogP contribution in [0.4, 0.5) is 5.95 Å². The molecular formula is C5H4ClN5. The summed E-state index contributed by atoms with van der Waals surface area (Å²) in [6.45, 7) is 0. The fourth-order valence-electron chi connectivity index (χ4n) is 0.805. The third-order valence-corrected chi connectivity index (χ3v) is 1.49. The normalized spacial score (nSPS) is 10.6. The second-order valence-electron chi connectivity index (χ2n) is 1.95. The number of nitrogens with two attached hydrogens (primary N) is 1. The van der Waals surface area contributed by atoms with Crippen LogP contribution in [0.1, 0.15) is 0 Å². The summed E-state index contributed by atoms with van der Waals surface area (Å²) in [6, 6.07) is 1.68. The maximum atomic E-state index is 5.66. The van der Waals surface area contributed by atoms with E-state index in [1.807, 2.05) is 0 Å². The molecule has 0 amide bonds. The SMILES string of the molecule is Nc1nc2ccnc(Cl)n2n1. The van der Waals surface area contributed by atoms with Gasteiger partial charge in [-0.25, -0.2) is 4.98 Å². The second-order valence-corrected chi connectivity index (χ2v) is 2.29. The first-order valence-corrected chi connectivity index (χ1v) is 3.28. The van der Waals surface area contributed by atoms with Crippen LogP contribution < -0.4 is 5.73 Å². The number of fused-ring (bicyclic) bond motifs is 1. The van der Waals surface area contributed by atoms with Crippen molar-refractivity contribution in [2.24, 2.45) is 0 Å². The molecule has 6 heteroatoms. The van der Waals surface area contributed by atoms with Crippen molar-refractivity contribution in [3.05, 3.63) is 17.5 Å². The van der Waals surface area contributed by atoms with E-state index >= 15 is 0 Å². The number of aromatic nitrogens is 4. The smallest absolute Gasteiger partial charge is 0.240 e. The van der Waals surface area contributed by atoms with Gasteiger partial charge in [-0.2, -0.15) is 9.50 Å². The lowest BCUT2D eigenvalue weighted by molar-refractivity contribution is 0.928. The highest BCUT2D eigenvalue weighted by Crippen LogP contribution is 2.07. The van der Waals surface area contributed by atoms with E-state index in [0.717, 1.165) is 0 Å². The van der Waals surface area contributed by atoms with Crippen LogP contribution in [0.25, 0.3) is 5.65 Å². The molecule has 0 unspecified atom stereocenters. The van der Waals surface area contributed by atoms with E-state index in [9.17, 15) is 0 Å². The van der Waals surface area contributed by atoms with Gasteiger partial charge in [0, 0.05) is 12.3 Å². The van der Waals surface area contributed by atoms with E-state index in [0.29, 0.717) is 5.65 Å². The maximum Gasteiger partial charge on any atom is 0.240 e. The Balaban J connectivity index is 2.90. The molecule has 0 saturated heterocycles. The van der Waals surface area contributed by atoms with Gasteiger partial charge in [-0.15, -0.1) is 5.10 Å². The van der Waals surface area contributed by atoms with Crippen molar-refractivity contribution in [3.63, 3.8) is 0 Å². The molecular weight excluding hydrogens is 166 g/mol. The Kier molecular flexibility index (Phi) is 1.19. The van der Waals surface area contributed by atoms with Crippen LogP contribution in [0.2, 0.25) is 5.28 Å². The number of anilines is 1. The molecule has 2 aromatic heterocycles. The molecule has 5 nitrogen and oxygen atoms in total. The summed E-state index contributed by atoms with van der Waals surface area (Å²) in [5.41, 5.74) is 5.93. The average Bonchev–Trinajstić information content (AvgIpc) is 2.31. The Hall–Kier alpha value is -1.36. The summed E-state index contributed by atoms with van der Waals surface area (Å²) >= 11 is 5.66. The van der Waals surface area contributed by atoms with Crippen LogP contribution in [0.15, 0.2) is 12.3 Å². The van der Waals surface area contributed by atoms with Crippen molar-refractivity contribution in [2.45, 2.75) is 0 Å². The highest BCUT2D eigenvalue weighted by Gasteiger charge is 2.01. The number of rotatable bonds is 0. The molecule has 2 N–H and O–H groups in total. The lowest BCUT2D eigenvalue weighted by Crippen LogP contribution is -1.92. The van der Waals surface area contributed by atoms with Gasteiger partial charge in [0.2, 0.25) is 11.2 Å². The van der Waals surface area contributed by atoms with Crippen LogP contribution in [0, 0.1) is 0 Å². The van der Waals surface area contributed by atoms with E-state index < -0.39 is 0 Å². The molecule has 0 bridgehead atoms. The van der Waals surface area contributed by atoms with Gasteiger partial charge in [0.05, 0.1) is 0 Å². The molecule has 0 atom stereocenters. The molecule has 0 aliphatic carbocycles. The zero-order valence-electron chi connectivity index (χ0n) is 5.40. The molecule has 2 heterocycles. The Bertz CT molecular complexity index is 395. The molecule has 0 aliphatic heterocycles. The summed E-state index contributed by atoms with van der Waals surface area (Å²) in [5.74, 6) is 0.194. The summed E-state index contributed by atoms with van der Waals surface area (Å²) in [6.07, 6.45) is 1.55. The molecule has 2 rings (SSSR count). The Labute approximate surface area is 66.8 Å². The Morgan fingerprint density at radius 3 is 3.09 bits per heavy atom. The third kappa shape index (κ3) is 0.894. The molecule has 0 spiro atoms. The van der Waals surface area contributed by atoms with Crippen molar-refractivity contribution in [3.8, 4) is 0 Å². The monoisotopic (exact) mass is 169 g/mol. The van der Waals surface area contributed by atoms with Crippen molar-refractivity contribution in [1.29, 1.82) is 0 Å². The highest BCUT2D eigenvalue weighted by atomic mass is 35.5. The average molecular weight is 170 g/mol. The summed E-state index contributed by atoms with van der Waals surface area (Å²) < 4.78 is 1.37. The molecule has 11 heavy (non-hydrogen) atoms. The first-order chi connectivity index (χ1) is 5.27. The van der Waals surface area contributed by atoms with E-state index in [1.54, 1.807) is 12.3 Å². The standard InChI is InChI=1S/C5H4ClN5/c6-4-8-2-1-3-9-5(7)10-11(3)4/h1-2H,(H2,7,10). The molecule has 2 aromatic rings. The van der Waals surface area contributed by atoms with Gasteiger partial charge in [-0.1, -0.05) is 0 Å². The molecule has 56 valence electrons. The van der Waals surface area contributed by atoms with Gasteiger partial charge in [-0.05, 0) is 11.6 Å². The van der Waals surface area contributed by atoms with Crippen molar-refractivity contribution < 1.29 is 0 Å². The minimum absolute atomic E-state index is 0.194. The minimum atomic E-state index is 0.194. The quantitative estimate of drug-likeness (QED) is 0.579. The van der Waals surface area contributed by atoms with Gasteiger partial charge in [0.15, 0.2) is 5.65 Å². The van der Waals surface area contributed by atoms with Crippen LogP contribution in [0.3, 0.4) is 0 Å². The van der Waals surface area contributed by atoms with Crippen LogP contribution >= 0.6 is 11.6 Å². The van der Waals surface area contributed by atoms with E-state index in [1.165, 1.54) is 4.52 Å². The zero-order valence-corrected chi connectivity index (χ0v) is 6.15.